The van der Waals surface area contributed by atoms with Gasteiger partial charge in [-0.1, -0.05) is 19.1 Å². The van der Waals surface area contributed by atoms with Gasteiger partial charge in [0.25, 0.3) is 0 Å². The van der Waals surface area contributed by atoms with Crippen LogP contribution in [-0.2, 0) is 16.1 Å². The Kier molecular flexibility index (Phi) is 7.94. The molecule has 0 aliphatic carbocycles. The van der Waals surface area contributed by atoms with Crippen LogP contribution in [0.2, 0.25) is 0 Å². The van der Waals surface area contributed by atoms with E-state index in [4.69, 9.17) is 4.74 Å². The van der Waals surface area contributed by atoms with E-state index in [9.17, 15) is 9.59 Å². The van der Waals surface area contributed by atoms with Crippen LogP contribution in [0.4, 0.5) is 10.5 Å². The highest BCUT2D eigenvalue weighted by molar-refractivity contribution is 5.73. The molecular weight excluding hydrogens is 294 g/mol. The number of anilines is 1. The molecule has 1 N–H and O–H groups in total. The van der Waals surface area contributed by atoms with E-state index in [0.717, 1.165) is 24.2 Å². The first-order valence-corrected chi connectivity index (χ1v) is 7.86. The van der Waals surface area contributed by atoms with Gasteiger partial charge in [0.1, 0.15) is 6.61 Å². The second kappa shape index (κ2) is 9.71. The molecule has 0 unspecified atom stereocenters. The monoisotopic (exact) mass is 321 g/mol. The summed E-state index contributed by atoms with van der Waals surface area (Å²) in [4.78, 5) is 26.0. The first-order valence-electron chi connectivity index (χ1n) is 7.86. The van der Waals surface area contributed by atoms with Crippen molar-refractivity contribution in [1.29, 1.82) is 0 Å². The molecule has 0 saturated heterocycles. The second-order valence-electron chi connectivity index (χ2n) is 5.54. The number of amides is 2. The molecule has 0 aromatic heterocycles. The van der Waals surface area contributed by atoms with Gasteiger partial charge < -0.3 is 19.9 Å². The number of likely N-dealkylation sites (N-methyl/N-ethyl adjacent to an activating group) is 2. The number of nitrogens with zero attached hydrogens (tertiary/aromatic N) is 2. The number of rotatable bonds is 8. The molecule has 0 saturated carbocycles. The zero-order chi connectivity index (χ0) is 17.2. The third kappa shape index (κ3) is 7.04. The van der Waals surface area contributed by atoms with E-state index < -0.39 is 6.09 Å². The molecule has 1 rings (SSSR count). The van der Waals surface area contributed by atoms with Gasteiger partial charge in [0.05, 0.1) is 0 Å². The maximum absolute atomic E-state index is 11.9. The molecule has 128 valence electrons. The normalized spacial score (nSPS) is 10.1. The summed E-state index contributed by atoms with van der Waals surface area (Å²) in [6.07, 6.45) is 0.681. The lowest BCUT2D eigenvalue weighted by Gasteiger charge is -2.21. The fourth-order valence-electron chi connectivity index (χ4n) is 1.79. The summed E-state index contributed by atoms with van der Waals surface area (Å²) in [5.74, 6) is -0.0245. The number of carbonyl (C=O) groups is 2. The van der Waals surface area contributed by atoms with Gasteiger partial charge in [-0.2, -0.15) is 0 Å². The molecule has 0 bridgehead atoms. The number of carbonyl (C=O) groups excluding carboxylic acids is 2. The Bertz CT molecular complexity index is 502. The summed E-state index contributed by atoms with van der Waals surface area (Å²) in [6, 6.07) is 7.83. The fraction of sp³-hybridized carbons (Fsp3) is 0.529. The molecule has 23 heavy (non-hydrogen) atoms. The number of benzene rings is 1. The number of hydrogen-bond acceptors (Lipinski definition) is 4. The van der Waals surface area contributed by atoms with Crippen molar-refractivity contribution < 1.29 is 14.3 Å². The van der Waals surface area contributed by atoms with Crippen molar-refractivity contribution in [2.75, 3.05) is 39.0 Å². The van der Waals surface area contributed by atoms with Crippen molar-refractivity contribution in [3.05, 3.63) is 29.8 Å². The zero-order valence-corrected chi connectivity index (χ0v) is 14.5. The Morgan fingerprint density at radius 1 is 1.09 bits per heavy atom. The van der Waals surface area contributed by atoms with Crippen molar-refractivity contribution in [2.45, 2.75) is 26.9 Å². The predicted octanol–water partition coefficient (Wildman–Crippen LogP) is 2.56. The molecule has 6 heteroatoms. The lowest BCUT2D eigenvalue weighted by Crippen LogP contribution is -2.36. The van der Waals surface area contributed by atoms with Crippen molar-refractivity contribution in [1.82, 2.24) is 9.80 Å². The van der Waals surface area contributed by atoms with E-state index in [1.165, 1.54) is 11.8 Å². The van der Waals surface area contributed by atoms with Gasteiger partial charge in [0, 0.05) is 46.3 Å². The average molecular weight is 321 g/mol. The summed E-state index contributed by atoms with van der Waals surface area (Å²) < 4.78 is 5.27. The molecule has 0 heterocycles. The van der Waals surface area contributed by atoms with Gasteiger partial charge in [-0.25, -0.2) is 4.79 Å². The van der Waals surface area contributed by atoms with Crippen LogP contribution < -0.4 is 5.32 Å². The first-order chi connectivity index (χ1) is 10.9. The molecule has 0 radical (unpaired) electrons. The average Bonchev–Trinajstić information content (AvgIpc) is 2.55. The molecule has 0 fully saturated rings. The van der Waals surface area contributed by atoms with Gasteiger partial charge in [0.2, 0.25) is 5.91 Å². The molecule has 6 nitrogen and oxygen atoms in total. The van der Waals surface area contributed by atoms with E-state index >= 15 is 0 Å². The van der Waals surface area contributed by atoms with Crippen molar-refractivity contribution in [2.24, 2.45) is 0 Å². The van der Waals surface area contributed by atoms with Crippen molar-refractivity contribution >= 4 is 17.7 Å². The highest BCUT2D eigenvalue weighted by atomic mass is 16.6. The molecule has 1 aromatic rings. The Labute approximate surface area is 138 Å². The molecular formula is C17H27N3O3. The minimum absolute atomic E-state index is 0.0245. The Morgan fingerprint density at radius 3 is 2.26 bits per heavy atom. The topological polar surface area (TPSA) is 61.9 Å². The van der Waals surface area contributed by atoms with E-state index in [0.29, 0.717) is 13.1 Å². The van der Waals surface area contributed by atoms with E-state index in [1.54, 1.807) is 19.0 Å². The quantitative estimate of drug-likeness (QED) is 0.799. The van der Waals surface area contributed by atoms with Crippen LogP contribution in [0.5, 0.6) is 0 Å². The van der Waals surface area contributed by atoms with Crippen LogP contribution in [0.1, 0.15) is 25.8 Å². The fourth-order valence-corrected chi connectivity index (χ4v) is 1.79. The SMILES string of the molecule is CCCNc1ccc(COC(=O)N(C)CCN(C)C(C)=O)cc1. The molecule has 2 amide bonds. The van der Waals surface area contributed by atoms with Crippen LogP contribution >= 0.6 is 0 Å². The van der Waals surface area contributed by atoms with Gasteiger partial charge in [-0.15, -0.1) is 0 Å². The second-order valence-corrected chi connectivity index (χ2v) is 5.54. The molecule has 0 atom stereocenters. The molecule has 0 spiro atoms. The van der Waals surface area contributed by atoms with Crippen molar-refractivity contribution in [3.8, 4) is 0 Å². The minimum atomic E-state index is -0.393. The van der Waals surface area contributed by atoms with E-state index in [1.807, 2.05) is 24.3 Å². The van der Waals surface area contributed by atoms with Crippen LogP contribution in [-0.4, -0.2) is 55.5 Å². The number of nitrogens with one attached hydrogen (secondary N) is 1. The summed E-state index contributed by atoms with van der Waals surface area (Å²) in [5, 5.41) is 3.29. The third-order valence-corrected chi connectivity index (χ3v) is 3.52. The third-order valence-electron chi connectivity index (χ3n) is 3.52. The Morgan fingerprint density at radius 2 is 1.70 bits per heavy atom. The van der Waals surface area contributed by atoms with Crippen LogP contribution in [0.25, 0.3) is 0 Å². The standard InChI is InChI=1S/C17H27N3O3/c1-5-10-18-16-8-6-15(7-9-16)13-23-17(22)20(4)12-11-19(3)14(2)21/h6-9,18H,5,10-13H2,1-4H3. The number of ether oxygens (including phenoxy) is 1. The Balaban J connectivity index is 2.35. The van der Waals surface area contributed by atoms with Crippen LogP contribution in [0, 0.1) is 0 Å². The van der Waals surface area contributed by atoms with Crippen LogP contribution in [0.3, 0.4) is 0 Å². The molecule has 1 aromatic carbocycles. The Hall–Kier alpha value is -2.24. The van der Waals surface area contributed by atoms with Gasteiger partial charge >= 0.3 is 6.09 Å². The molecule has 0 aliphatic rings. The summed E-state index contributed by atoms with van der Waals surface area (Å²) >= 11 is 0. The van der Waals surface area contributed by atoms with Crippen LogP contribution in [0.15, 0.2) is 24.3 Å². The van der Waals surface area contributed by atoms with Gasteiger partial charge in [-0.3, -0.25) is 4.79 Å². The molecule has 0 aliphatic heterocycles. The largest absolute Gasteiger partial charge is 0.445 e. The lowest BCUT2D eigenvalue weighted by molar-refractivity contribution is -0.127. The summed E-state index contributed by atoms with van der Waals surface area (Å²) in [6.45, 7) is 5.71. The van der Waals surface area contributed by atoms with Gasteiger partial charge in [0.15, 0.2) is 0 Å². The van der Waals surface area contributed by atoms with E-state index in [-0.39, 0.29) is 12.5 Å². The highest BCUT2D eigenvalue weighted by Gasteiger charge is 2.11. The zero-order valence-electron chi connectivity index (χ0n) is 14.5. The first kappa shape index (κ1) is 18.8. The van der Waals surface area contributed by atoms with Crippen molar-refractivity contribution in [3.63, 3.8) is 0 Å². The lowest BCUT2D eigenvalue weighted by atomic mass is 10.2. The smallest absolute Gasteiger partial charge is 0.409 e. The highest BCUT2D eigenvalue weighted by Crippen LogP contribution is 2.10. The predicted molar refractivity (Wildman–Crippen MR) is 91.3 cm³/mol. The van der Waals surface area contributed by atoms with E-state index in [2.05, 4.69) is 12.2 Å². The maximum Gasteiger partial charge on any atom is 0.409 e. The maximum atomic E-state index is 11.9. The number of hydrogen-bond donors (Lipinski definition) is 1. The van der Waals surface area contributed by atoms with Gasteiger partial charge in [-0.05, 0) is 24.1 Å². The minimum Gasteiger partial charge on any atom is -0.445 e. The summed E-state index contributed by atoms with van der Waals surface area (Å²) in [7, 11) is 3.36. The summed E-state index contributed by atoms with van der Waals surface area (Å²) in [5.41, 5.74) is 2.00.